The van der Waals surface area contributed by atoms with Gasteiger partial charge in [0.05, 0.1) is 11.8 Å². The molecule has 0 saturated heterocycles. The molecule has 0 radical (unpaired) electrons. The van der Waals surface area contributed by atoms with Gasteiger partial charge in [-0.15, -0.1) is 0 Å². The largest absolute Gasteiger partial charge is 0.481 e. The summed E-state index contributed by atoms with van der Waals surface area (Å²) in [4.78, 5) is 24.0. The van der Waals surface area contributed by atoms with Gasteiger partial charge in [0.15, 0.2) is 0 Å². The van der Waals surface area contributed by atoms with E-state index in [-0.39, 0.29) is 5.91 Å². The van der Waals surface area contributed by atoms with Gasteiger partial charge >= 0.3 is 5.97 Å². The molecule has 1 saturated carbocycles. The number of carboxylic acid groups (broad SMARTS) is 1. The molecule has 0 unspecified atom stereocenters. The third-order valence-electron chi connectivity index (χ3n) is 5.52. The van der Waals surface area contributed by atoms with E-state index in [1.807, 2.05) is 42.5 Å². The molecular weight excluding hydrogens is 366 g/mol. The first-order valence-corrected chi connectivity index (χ1v) is 9.91. The Morgan fingerprint density at radius 2 is 1.55 bits per heavy atom. The summed E-state index contributed by atoms with van der Waals surface area (Å²) in [5.74, 6) is -0.749. The smallest absolute Gasteiger partial charge is 0.307 e. The van der Waals surface area contributed by atoms with Crippen molar-refractivity contribution in [3.8, 4) is 11.5 Å². The molecule has 0 spiro atoms. The Kier molecular flexibility index (Phi) is 5.47. The lowest BCUT2D eigenvalue weighted by Crippen LogP contribution is -2.36. The second kappa shape index (κ2) is 8.35. The predicted molar refractivity (Wildman–Crippen MR) is 112 cm³/mol. The van der Waals surface area contributed by atoms with Gasteiger partial charge in [0, 0.05) is 11.1 Å². The van der Waals surface area contributed by atoms with E-state index >= 15 is 0 Å². The Hall–Kier alpha value is -3.34. The van der Waals surface area contributed by atoms with Crippen molar-refractivity contribution in [1.29, 1.82) is 0 Å². The summed E-state index contributed by atoms with van der Waals surface area (Å²) in [5.41, 5.74) is 0.634. The maximum absolute atomic E-state index is 12.6. The first-order valence-electron chi connectivity index (χ1n) is 9.91. The van der Waals surface area contributed by atoms with E-state index in [1.54, 1.807) is 24.3 Å². The van der Waals surface area contributed by atoms with Crippen molar-refractivity contribution in [3.63, 3.8) is 0 Å². The summed E-state index contributed by atoms with van der Waals surface area (Å²) in [5, 5.41) is 14.4. The quantitative estimate of drug-likeness (QED) is 0.607. The van der Waals surface area contributed by atoms with Gasteiger partial charge in [0.25, 0.3) is 0 Å². The van der Waals surface area contributed by atoms with E-state index in [9.17, 15) is 14.7 Å². The first kappa shape index (κ1) is 19.0. The summed E-state index contributed by atoms with van der Waals surface area (Å²) < 4.78 is 6.03. The van der Waals surface area contributed by atoms with Gasteiger partial charge in [-0.1, -0.05) is 49.2 Å². The average Bonchev–Trinajstić information content (AvgIpc) is 2.75. The fraction of sp³-hybridized carbons (Fsp3) is 0.250. The van der Waals surface area contributed by atoms with Gasteiger partial charge in [0.1, 0.15) is 11.5 Å². The zero-order valence-electron chi connectivity index (χ0n) is 16.0. The van der Waals surface area contributed by atoms with Crippen LogP contribution < -0.4 is 10.1 Å². The molecule has 0 aromatic heterocycles. The number of carboxylic acids is 1. The SMILES string of the molecule is O=C(Nc1ccc(Oc2cccc3ccccc23)cc1)[C@H]1CCCC[C@H]1C(=O)O. The van der Waals surface area contributed by atoms with Crippen LogP contribution in [0.1, 0.15) is 25.7 Å². The van der Waals surface area contributed by atoms with Crippen LogP contribution in [0.25, 0.3) is 10.8 Å². The standard InChI is InChI=1S/C24H23NO4/c26-23(20-9-3-4-10-21(20)24(27)28)25-17-12-14-18(15-13-17)29-22-11-5-7-16-6-1-2-8-19(16)22/h1-2,5-8,11-15,20-21H,3-4,9-10H2,(H,25,26)(H,27,28)/t20-,21+/m0/s1. The number of hydrogen-bond acceptors (Lipinski definition) is 3. The van der Waals surface area contributed by atoms with E-state index in [4.69, 9.17) is 4.74 Å². The Bertz CT molecular complexity index is 1020. The molecule has 2 N–H and O–H groups in total. The van der Waals surface area contributed by atoms with E-state index in [1.165, 1.54) is 0 Å². The van der Waals surface area contributed by atoms with Gasteiger partial charge in [-0.25, -0.2) is 0 Å². The number of carbonyl (C=O) groups excluding carboxylic acids is 1. The van der Waals surface area contributed by atoms with Crippen LogP contribution in [0.2, 0.25) is 0 Å². The zero-order chi connectivity index (χ0) is 20.2. The van der Waals surface area contributed by atoms with Gasteiger partial charge in [0.2, 0.25) is 5.91 Å². The number of anilines is 1. The number of fused-ring (bicyclic) bond motifs is 1. The Morgan fingerprint density at radius 3 is 2.31 bits per heavy atom. The lowest BCUT2D eigenvalue weighted by Gasteiger charge is -2.27. The van der Waals surface area contributed by atoms with Gasteiger partial charge in [-0.2, -0.15) is 0 Å². The van der Waals surface area contributed by atoms with Crippen LogP contribution in [0.15, 0.2) is 66.7 Å². The molecule has 0 heterocycles. The molecule has 1 aliphatic carbocycles. The van der Waals surface area contributed by atoms with Gasteiger partial charge < -0.3 is 15.2 Å². The minimum absolute atomic E-state index is 0.222. The number of ether oxygens (including phenoxy) is 1. The Labute approximate surface area is 169 Å². The van der Waals surface area contributed by atoms with Crippen LogP contribution in [0, 0.1) is 11.8 Å². The second-order valence-corrected chi connectivity index (χ2v) is 7.43. The molecular formula is C24H23NO4. The zero-order valence-corrected chi connectivity index (χ0v) is 16.0. The number of hydrogen-bond donors (Lipinski definition) is 2. The summed E-state index contributed by atoms with van der Waals surface area (Å²) in [6, 6.07) is 21.1. The van der Waals surface area contributed by atoms with Gasteiger partial charge in [-0.3, -0.25) is 9.59 Å². The normalized spacial score (nSPS) is 18.9. The number of nitrogens with one attached hydrogen (secondary N) is 1. The molecule has 1 fully saturated rings. The maximum Gasteiger partial charge on any atom is 0.307 e. The van der Waals surface area contributed by atoms with Crippen molar-refractivity contribution in [1.82, 2.24) is 0 Å². The molecule has 2 atom stereocenters. The predicted octanol–water partition coefficient (Wildman–Crippen LogP) is 5.46. The monoisotopic (exact) mass is 389 g/mol. The van der Waals surface area contributed by atoms with E-state index in [0.717, 1.165) is 29.4 Å². The van der Waals surface area contributed by atoms with Crippen molar-refractivity contribution in [2.24, 2.45) is 11.8 Å². The lowest BCUT2D eigenvalue weighted by atomic mass is 9.78. The van der Waals surface area contributed by atoms with E-state index in [0.29, 0.717) is 24.3 Å². The molecule has 0 aliphatic heterocycles. The molecule has 3 aromatic carbocycles. The Morgan fingerprint density at radius 1 is 0.862 bits per heavy atom. The number of benzene rings is 3. The number of amides is 1. The topological polar surface area (TPSA) is 75.6 Å². The molecule has 5 nitrogen and oxygen atoms in total. The van der Waals surface area contributed by atoms with Gasteiger partial charge in [-0.05, 0) is 48.6 Å². The lowest BCUT2D eigenvalue weighted by molar-refractivity contribution is -0.147. The van der Waals surface area contributed by atoms with Crippen molar-refractivity contribution in [2.75, 3.05) is 5.32 Å². The van der Waals surface area contributed by atoms with Crippen LogP contribution in [0.4, 0.5) is 5.69 Å². The maximum atomic E-state index is 12.6. The summed E-state index contributed by atoms with van der Waals surface area (Å²) in [6.07, 6.45) is 2.93. The highest BCUT2D eigenvalue weighted by Crippen LogP contribution is 2.32. The molecule has 1 amide bonds. The highest BCUT2D eigenvalue weighted by Gasteiger charge is 2.35. The number of carbonyl (C=O) groups is 2. The molecule has 4 rings (SSSR count). The van der Waals surface area contributed by atoms with Crippen LogP contribution in [-0.4, -0.2) is 17.0 Å². The fourth-order valence-electron chi connectivity index (χ4n) is 3.99. The fourth-order valence-corrected chi connectivity index (χ4v) is 3.99. The third-order valence-corrected chi connectivity index (χ3v) is 5.52. The van der Waals surface area contributed by atoms with Crippen molar-refractivity contribution in [3.05, 3.63) is 66.7 Å². The second-order valence-electron chi connectivity index (χ2n) is 7.43. The molecule has 5 heteroatoms. The molecule has 1 aliphatic rings. The van der Waals surface area contributed by atoms with Crippen LogP contribution in [0.3, 0.4) is 0 Å². The first-order chi connectivity index (χ1) is 14.1. The van der Waals surface area contributed by atoms with E-state index < -0.39 is 17.8 Å². The third kappa shape index (κ3) is 4.24. The highest BCUT2D eigenvalue weighted by molar-refractivity contribution is 5.95. The molecule has 29 heavy (non-hydrogen) atoms. The van der Waals surface area contributed by atoms with Crippen LogP contribution >= 0.6 is 0 Å². The highest BCUT2D eigenvalue weighted by atomic mass is 16.5. The van der Waals surface area contributed by atoms with Crippen molar-refractivity contribution >= 4 is 28.3 Å². The summed E-state index contributed by atoms with van der Waals surface area (Å²) in [7, 11) is 0. The summed E-state index contributed by atoms with van der Waals surface area (Å²) >= 11 is 0. The number of rotatable bonds is 5. The minimum Gasteiger partial charge on any atom is -0.481 e. The minimum atomic E-state index is -0.885. The molecule has 0 bridgehead atoms. The number of aliphatic carboxylic acids is 1. The van der Waals surface area contributed by atoms with Crippen molar-refractivity contribution < 1.29 is 19.4 Å². The van der Waals surface area contributed by atoms with E-state index in [2.05, 4.69) is 5.32 Å². The van der Waals surface area contributed by atoms with Crippen LogP contribution in [0.5, 0.6) is 11.5 Å². The van der Waals surface area contributed by atoms with Crippen LogP contribution in [-0.2, 0) is 9.59 Å². The van der Waals surface area contributed by atoms with Crippen molar-refractivity contribution in [2.45, 2.75) is 25.7 Å². The molecule has 148 valence electrons. The molecule has 3 aromatic rings. The average molecular weight is 389 g/mol. The Balaban J connectivity index is 1.45. The summed E-state index contributed by atoms with van der Waals surface area (Å²) in [6.45, 7) is 0.